The molecule has 126 valence electrons. The van der Waals surface area contributed by atoms with Crippen molar-refractivity contribution in [3.8, 4) is 0 Å². The molecule has 2 bridgehead atoms. The van der Waals surface area contributed by atoms with Gasteiger partial charge in [-0.05, 0) is 45.9 Å². The summed E-state index contributed by atoms with van der Waals surface area (Å²) in [6, 6.07) is 0.183. The Balaban J connectivity index is 1.68. The number of nitrogens with zero attached hydrogens (tertiary/aromatic N) is 3. The van der Waals surface area contributed by atoms with Crippen LogP contribution in [0.25, 0.3) is 0 Å². The van der Waals surface area contributed by atoms with Crippen molar-refractivity contribution in [1.82, 2.24) is 14.9 Å². The van der Waals surface area contributed by atoms with E-state index in [1.165, 1.54) is 17.2 Å². The molecule has 1 amide bonds. The van der Waals surface area contributed by atoms with Crippen LogP contribution in [0.15, 0.2) is 6.20 Å². The van der Waals surface area contributed by atoms with Gasteiger partial charge in [-0.3, -0.25) is 9.36 Å². The minimum Gasteiger partial charge on any atom is -0.358 e. The van der Waals surface area contributed by atoms with Crippen LogP contribution in [0.2, 0.25) is 0 Å². The van der Waals surface area contributed by atoms with Crippen molar-refractivity contribution in [2.75, 3.05) is 0 Å². The van der Waals surface area contributed by atoms with Gasteiger partial charge in [0.05, 0.1) is 0 Å². The first kappa shape index (κ1) is 16.0. The first-order chi connectivity index (χ1) is 10.6. The van der Waals surface area contributed by atoms with Gasteiger partial charge in [0.25, 0.3) is 0 Å². The van der Waals surface area contributed by atoms with E-state index in [1.54, 1.807) is 6.92 Å². The lowest BCUT2D eigenvalue weighted by molar-refractivity contribution is -0.389. The van der Waals surface area contributed by atoms with E-state index in [0.717, 1.165) is 12.8 Å². The van der Waals surface area contributed by atoms with Crippen LogP contribution in [-0.2, 0) is 11.3 Å². The number of fused-ring (bicyclic) bond motifs is 2. The number of carbonyl (C=O) groups is 1. The van der Waals surface area contributed by atoms with Crippen molar-refractivity contribution >= 4 is 11.7 Å². The Labute approximate surface area is 135 Å². The second kappa shape index (κ2) is 5.04. The van der Waals surface area contributed by atoms with Crippen LogP contribution in [-0.4, -0.2) is 26.4 Å². The van der Waals surface area contributed by atoms with Gasteiger partial charge in [-0.2, -0.15) is 0 Å². The molecule has 1 aromatic heterocycles. The van der Waals surface area contributed by atoms with E-state index in [1.807, 2.05) is 0 Å². The van der Waals surface area contributed by atoms with Crippen molar-refractivity contribution < 1.29 is 9.72 Å². The van der Waals surface area contributed by atoms with E-state index < -0.39 is 4.92 Å². The smallest absolute Gasteiger partial charge is 0.358 e. The van der Waals surface area contributed by atoms with Gasteiger partial charge in [0, 0.05) is 13.0 Å². The predicted molar refractivity (Wildman–Crippen MR) is 84.8 cm³/mol. The molecular weight excluding hydrogens is 296 g/mol. The molecule has 1 N–H and O–H groups in total. The lowest BCUT2D eigenvalue weighted by Crippen LogP contribution is -2.47. The fourth-order valence-electron chi connectivity index (χ4n) is 4.56. The monoisotopic (exact) mass is 320 g/mol. The lowest BCUT2D eigenvalue weighted by atomic mass is 9.69. The Morgan fingerprint density at radius 1 is 1.52 bits per heavy atom. The Morgan fingerprint density at radius 3 is 2.70 bits per heavy atom. The third-order valence-corrected chi connectivity index (χ3v) is 6.59. The molecule has 0 spiro atoms. The Bertz CT molecular complexity index is 666. The number of hydrogen-bond donors (Lipinski definition) is 1. The normalized spacial score (nSPS) is 31.3. The third-order valence-electron chi connectivity index (χ3n) is 6.59. The number of aryl methyl sites for hydroxylation is 1. The van der Waals surface area contributed by atoms with Crippen LogP contribution in [0.4, 0.5) is 5.82 Å². The number of imidazole rings is 1. The second-order valence-corrected chi connectivity index (χ2v) is 7.76. The van der Waals surface area contributed by atoms with Gasteiger partial charge < -0.3 is 15.4 Å². The molecule has 0 radical (unpaired) electrons. The number of rotatable bonds is 4. The van der Waals surface area contributed by atoms with Crippen molar-refractivity contribution in [3.63, 3.8) is 0 Å². The highest BCUT2D eigenvalue weighted by Crippen LogP contribution is 2.65. The highest BCUT2D eigenvalue weighted by Gasteiger charge is 2.61. The van der Waals surface area contributed by atoms with Crippen LogP contribution in [0, 0.1) is 33.8 Å². The van der Waals surface area contributed by atoms with Crippen LogP contribution in [0.5, 0.6) is 0 Å². The number of amides is 1. The summed E-state index contributed by atoms with van der Waals surface area (Å²) in [6.45, 7) is 8.63. The van der Waals surface area contributed by atoms with Crippen molar-refractivity contribution in [3.05, 3.63) is 22.1 Å². The van der Waals surface area contributed by atoms with Crippen molar-refractivity contribution in [2.24, 2.45) is 16.7 Å². The summed E-state index contributed by atoms with van der Waals surface area (Å²) in [4.78, 5) is 26.5. The van der Waals surface area contributed by atoms with E-state index in [9.17, 15) is 14.9 Å². The fraction of sp³-hybridized carbons (Fsp3) is 0.750. The molecule has 1 aromatic rings. The zero-order valence-corrected chi connectivity index (χ0v) is 14.1. The van der Waals surface area contributed by atoms with E-state index >= 15 is 0 Å². The molecule has 0 unspecified atom stereocenters. The summed E-state index contributed by atoms with van der Waals surface area (Å²) in [5.74, 6) is 0.818. The molecule has 0 saturated heterocycles. The summed E-state index contributed by atoms with van der Waals surface area (Å²) in [5.41, 5.74) is 0.373. The zero-order chi connectivity index (χ0) is 17.0. The van der Waals surface area contributed by atoms with Gasteiger partial charge in [-0.15, -0.1) is 0 Å². The molecule has 0 aliphatic heterocycles. The molecule has 7 heteroatoms. The summed E-state index contributed by atoms with van der Waals surface area (Å²) in [7, 11) is 0. The van der Waals surface area contributed by atoms with E-state index in [-0.39, 0.29) is 35.1 Å². The Hall–Kier alpha value is -1.92. The lowest BCUT2D eigenvalue weighted by Gasteiger charge is -2.39. The molecule has 3 atom stereocenters. The minimum absolute atomic E-state index is 0.0738. The van der Waals surface area contributed by atoms with Gasteiger partial charge >= 0.3 is 5.82 Å². The summed E-state index contributed by atoms with van der Waals surface area (Å²) < 4.78 is 1.54. The van der Waals surface area contributed by atoms with Gasteiger partial charge in [-0.25, -0.2) is 0 Å². The first-order valence-corrected chi connectivity index (χ1v) is 8.12. The number of nitrogens with one attached hydrogen (secondary N) is 1. The fourth-order valence-corrected chi connectivity index (χ4v) is 4.56. The van der Waals surface area contributed by atoms with Crippen molar-refractivity contribution in [1.29, 1.82) is 0 Å². The number of nitro groups is 1. The van der Waals surface area contributed by atoms with Crippen LogP contribution < -0.4 is 5.32 Å². The third kappa shape index (κ3) is 2.33. The van der Waals surface area contributed by atoms with Crippen LogP contribution in [0.1, 0.15) is 45.9 Å². The molecule has 23 heavy (non-hydrogen) atoms. The largest absolute Gasteiger partial charge is 0.381 e. The summed E-state index contributed by atoms with van der Waals surface area (Å²) >= 11 is 0. The average molecular weight is 320 g/mol. The molecule has 2 aliphatic rings. The number of carbonyl (C=O) groups excluding carboxylic acids is 1. The molecule has 0 aromatic carbocycles. The molecular formula is C16H24N4O3. The second-order valence-electron chi connectivity index (χ2n) is 7.76. The summed E-state index contributed by atoms with van der Waals surface area (Å²) in [6.07, 6.45) is 4.73. The summed E-state index contributed by atoms with van der Waals surface area (Å²) in [5, 5.41) is 13.9. The van der Waals surface area contributed by atoms with E-state index in [4.69, 9.17) is 0 Å². The standard InChI is InChI=1S/C16H24N4O3/c1-10-17-13(20(22)23)8-19(10)9-14(21)18-12-7-11-5-6-16(12,4)15(11,2)3/h8,11-12H,5-7,9H2,1-4H3,(H,18,21)/t11-,12-,16-/m1/s1. The van der Waals surface area contributed by atoms with Crippen LogP contribution in [0.3, 0.4) is 0 Å². The van der Waals surface area contributed by atoms with Crippen LogP contribution >= 0.6 is 0 Å². The van der Waals surface area contributed by atoms with E-state index in [2.05, 4.69) is 31.1 Å². The maximum absolute atomic E-state index is 12.4. The zero-order valence-electron chi connectivity index (χ0n) is 14.1. The SMILES string of the molecule is Cc1nc([N+](=O)[O-])cn1CC(=O)N[C@@H]1C[C@H]2CC[C@@]1(C)C2(C)C. The minimum atomic E-state index is -0.541. The maximum Gasteiger partial charge on any atom is 0.381 e. The molecule has 2 aliphatic carbocycles. The number of aromatic nitrogens is 2. The Kier molecular flexibility index (Phi) is 3.50. The first-order valence-electron chi connectivity index (χ1n) is 8.12. The molecule has 1 heterocycles. The topological polar surface area (TPSA) is 90.1 Å². The van der Waals surface area contributed by atoms with Gasteiger partial charge in [0.15, 0.2) is 0 Å². The van der Waals surface area contributed by atoms with Gasteiger partial charge in [0.1, 0.15) is 12.7 Å². The molecule has 2 fully saturated rings. The van der Waals surface area contributed by atoms with Gasteiger partial charge in [-0.1, -0.05) is 20.8 Å². The molecule has 7 nitrogen and oxygen atoms in total. The van der Waals surface area contributed by atoms with Gasteiger partial charge in [0.2, 0.25) is 11.7 Å². The molecule has 3 rings (SSSR count). The maximum atomic E-state index is 12.4. The highest BCUT2D eigenvalue weighted by molar-refractivity contribution is 5.76. The highest BCUT2D eigenvalue weighted by atomic mass is 16.6. The Morgan fingerprint density at radius 2 is 2.22 bits per heavy atom. The van der Waals surface area contributed by atoms with E-state index in [0.29, 0.717) is 11.7 Å². The number of hydrogen-bond acceptors (Lipinski definition) is 4. The molecule has 2 saturated carbocycles. The quantitative estimate of drug-likeness (QED) is 0.681. The van der Waals surface area contributed by atoms with Crippen molar-refractivity contribution in [2.45, 2.75) is 59.5 Å². The predicted octanol–water partition coefficient (Wildman–Crippen LogP) is 2.43. The average Bonchev–Trinajstić information content (AvgIpc) is 2.97.